The average Bonchev–Trinajstić information content (AvgIpc) is 3.42. The third kappa shape index (κ3) is 4.85. The van der Waals surface area contributed by atoms with Crippen LogP contribution in [0.1, 0.15) is 64.8 Å². The molecule has 1 aliphatic carbocycles. The summed E-state index contributed by atoms with van der Waals surface area (Å²) >= 11 is 0. The van der Waals surface area contributed by atoms with Crippen LogP contribution in [-0.2, 0) is 9.53 Å². The van der Waals surface area contributed by atoms with Gasteiger partial charge in [0.2, 0.25) is 0 Å². The van der Waals surface area contributed by atoms with E-state index < -0.39 is 18.5 Å². The van der Waals surface area contributed by atoms with E-state index in [2.05, 4.69) is 10.6 Å². The molecule has 7 heteroatoms. The van der Waals surface area contributed by atoms with Crippen molar-refractivity contribution in [1.82, 2.24) is 9.88 Å². The summed E-state index contributed by atoms with van der Waals surface area (Å²) in [5.41, 5.74) is 3.01. The van der Waals surface area contributed by atoms with Crippen LogP contribution in [0.25, 0.3) is 0 Å². The molecular formula is C22H27N3O4. The lowest BCUT2D eigenvalue weighted by Gasteiger charge is -2.13. The molecule has 1 aromatic heterocycles. The molecule has 154 valence electrons. The van der Waals surface area contributed by atoms with E-state index in [-0.39, 0.29) is 18.0 Å². The van der Waals surface area contributed by atoms with Gasteiger partial charge in [-0.15, -0.1) is 0 Å². The lowest BCUT2D eigenvalue weighted by Crippen LogP contribution is -2.28. The minimum absolute atomic E-state index is 0.219. The molecular weight excluding hydrogens is 370 g/mol. The molecule has 7 nitrogen and oxygen atoms in total. The lowest BCUT2D eigenvalue weighted by atomic mass is 10.1. The molecule has 0 aliphatic heterocycles. The molecule has 1 fully saturated rings. The number of hydrogen-bond acceptors (Lipinski definition) is 4. The standard InChI is InChI=1S/C22H27N3O4/c1-13(2)25-14(3)11-18(15(25)4)22(28)29-12-20(26)24-19-8-6-5-7-17(19)21(27)23-16-9-10-16/h5-8,11,13,16H,9-10,12H2,1-4H3,(H,23,27)(H,24,26). The molecule has 2 amide bonds. The lowest BCUT2D eigenvalue weighted by molar-refractivity contribution is -0.119. The van der Waals surface area contributed by atoms with Gasteiger partial charge in [0.25, 0.3) is 11.8 Å². The second-order valence-electron chi connectivity index (χ2n) is 7.67. The van der Waals surface area contributed by atoms with Crippen molar-refractivity contribution in [2.24, 2.45) is 0 Å². The first kappa shape index (κ1) is 20.6. The van der Waals surface area contributed by atoms with Crippen molar-refractivity contribution in [3.8, 4) is 0 Å². The Morgan fingerprint density at radius 3 is 2.45 bits per heavy atom. The monoisotopic (exact) mass is 397 g/mol. The minimum Gasteiger partial charge on any atom is -0.452 e. The highest BCUT2D eigenvalue weighted by Crippen LogP contribution is 2.22. The van der Waals surface area contributed by atoms with Crippen molar-refractivity contribution in [2.45, 2.75) is 52.6 Å². The maximum Gasteiger partial charge on any atom is 0.340 e. The second kappa shape index (κ2) is 8.51. The number of carbonyl (C=O) groups excluding carboxylic acids is 3. The van der Waals surface area contributed by atoms with E-state index >= 15 is 0 Å². The van der Waals surface area contributed by atoms with Crippen molar-refractivity contribution in [1.29, 1.82) is 0 Å². The van der Waals surface area contributed by atoms with E-state index in [0.29, 0.717) is 16.8 Å². The number of rotatable bonds is 7. The van der Waals surface area contributed by atoms with Crippen molar-refractivity contribution < 1.29 is 19.1 Å². The number of carbonyl (C=O) groups is 3. The van der Waals surface area contributed by atoms with E-state index in [1.807, 2.05) is 32.3 Å². The molecule has 0 atom stereocenters. The zero-order chi connectivity index (χ0) is 21.1. The predicted molar refractivity (Wildman–Crippen MR) is 110 cm³/mol. The Bertz CT molecular complexity index is 942. The molecule has 1 saturated carbocycles. The fraction of sp³-hybridized carbons (Fsp3) is 0.409. The zero-order valence-electron chi connectivity index (χ0n) is 17.2. The quantitative estimate of drug-likeness (QED) is 0.701. The van der Waals surface area contributed by atoms with E-state index in [4.69, 9.17) is 4.74 Å². The summed E-state index contributed by atoms with van der Waals surface area (Å²) in [6.45, 7) is 7.44. The summed E-state index contributed by atoms with van der Waals surface area (Å²) in [4.78, 5) is 37.1. The van der Waals surface area contributed by atoms with Crippen LogP contribution < -0.4 is 10.6 Å². The maximum absolute atomic E-state index is 12.4. The largest absolute Gasteiger partial charge is 0.452 e. The number of para-hydroxylation sites is 1. The molecule has 29 heavy (non-hydrogen) atoms. The summed E-state index contributed by atoms with van der Waals surface area (Å²) in [5, 5.41) is 5.56. The molecule has 0 radical (unpaired) electrons. The normalized spacial score (nSPS) is 13.3. The molecule has 0 saturated heterocycles. The van der Waals surface area contributed by atoms with Gasteiger partial charge in [-0.1, -0.05) is 12.1 Å². The van der Waals surface area contributed by atoms with Crippen LogP contribution in [0, 0.1) is 13.8 Å². The fourth-order valence-corrected chi connectivity index (χ4v) is 3.45. The van der Waals surface area contributed by atoms with Gasteiger partial charge in [0.15, 0.2) is 6.61 Å². The van der Waals surface area contributed by atoms with Gasteiger partial charge in [-0.05, 0) is 58.7 Å². The summed E-state index contributed by atoms with van der Waals surface area (Å²) in [6.07, 6.45) is 1.96. The van der Waals surface area contributed by atoms with Crippen LogP contribution in [0.4, 0.5) is 5.69 Å². The Morgan fingerprint density at radius 1 is 1.14 bits per heavy atom. The summed E-state index contributed by atoms with van der Waals surface area (Å²) in [5.74, 6) is -1.26. The number of anilines is 1. The molecule has 0 spiro atoms. The van der Waals surface area contributed by atoms with E-state index in [9.17, 15) is 14.4 Å². The van der Waals surface area contributed by atoms with Gasteiger partial charge in [-0.3, -0.25) is 9.59 Å². The predicted octanol–water partition coefficient (Wildman–Crippen LogP) is 3.37. The number of esters is 1. The van der Waals surface area contributed by atoms with Crippen LogP contribution in [-0.4, -0.2) is 35.0 Å². The molecule has 1 heterocycles. The molecule has 2 aromatic rings. The SMILES string of the molecule is Cc1cc(C(=O)OCC(=O)Nc2ccccc2C(=O)NC2CC2)c(C)n1C(C)C. The first-order valence-electron chi connectivity index (χ1n) is 9.83. The number of amides is 2. The van der Waals surface area contributed by atoms with Gasteiger partial charge in [0, 0.05) is 23.5 Å². The topological polar surface area (TPSA) is 89.4 Å². The van der Waals surface area contributed by atoms with Crippen molar-refractivity contribution >= 4 is 23.5 Å². The van der Waals surface area contributed by atoms with Crippen LogP contribution in [0.3, 0.4) is 0 Å². The first-order chi connectivity index (χ1) is 13.8. The fourth-order valence-electron chi connectivity index (χ4n) is 3.45. The van der Waals surface area contributed by atoms with E-state index in [0.717, 1.165) is 24.2 Å². The average molecular weight is 397 g/mol. The molecule has 1 aliphatic rings. The third-order valence-corrected chi connectivity index (χ3v) is 4.91. The van der Waals surface area contributed by atoms with Crippen LogP contribution in [0.5, 0.6) is 0 Å². The molecule has 0 unspecified atom stereocenters. The number of nitrogens with zero attached hydrogens (tertiary/aromatic N) is 1. The Morgan fingerprint density at radius 2 is 1.83 bits per heavy atom. The first-order valence-corrected chi connectivity index (χ1v) is 9.83. The summed E-state index contributed by atoms with van der Waals surface area (Å²) in [7, 11) is 0. The number of benzene rings is 1. The molecule has 3 rings (SSSR count). The van der Waals surface area contributed by atoms with Gasteiger partial charge in [0.1, 0.15) is 0 Å². The zero-order valence-corrected chi connectivity index (χ0v) is 17.2. The second-order valence-corrected chi connectivity index (χ2v) is 7.67. The number of nitrogens with one attached hydrogen (secondary N) is 2. The highest BCUT2D eigenvalue weighted by molar-refractivity contribution is 6.04. The number of ether oxygens (including phenoxy) is 1. The van der Waals surface area contributed by atoms with Crippen LogP contribution >= 0.6 is 0 Å². The van der Waals surface area contributed by atoms with E-state index in [1.165, 1.54) is 0 Å². The summed E-state index contributed by atoms with van der Waals surface area (Å²) in [6, 6.07) is 8.98. The minimum atomic E-state index is -0.542. The Kier molecular flexibility index (Phi) is 6.06. The highest BCUT2D eigenvalue weighted by atomic mass is 16.5. The highest BCUT2D eigenvalue weighted by Gasteiger charge is 2.25. The molecule has 0 bridgehead atoms. The van der Waals surface area contributed by atoms with Crippen molar-refractivity contribution in [3.05, 3.63) is 52.8 Å². The molecule has 2 N–H and O–H groups in total. The van der Waals surface area contributed by atoms with Crippen LogP contribution in [0.2, 0.25) is 0 Å². The van der Waals surface area contributed by atoms with Gasteiger partial charge in [-0.2, -0.15) is 0 Å². The van der Waals surface area contributed by atoms with Crippen molar-refractivity contribution in [3.63, 3.8) is 0 Å². The van der Waals surface area contributed by atoms with Gasteiger partial charge in [0.05, 0.1) is 16.8 Å². The molecule has 1 aromatic carbocycles. The van der Waals surface area contributed by atoms with Gasteiger partial charge < -0.3 is 19.9 Å². The van der Waals surface area contributed by atoms with Crippen molar-refractivity contribution in [2.75, 3.05) is 11.9 Å². The Balaban J connectivity index is 1.61. The van der Waals surface area contributed by atoms with Crippen LogP contribution in [0.15, 0.2) is 30.3 Å². The summed E-state index contributed by atoms with van der Waals surface area (Å²) < 4.78 is 7.25. The third-order valence-electron chi connectivity index (χ3n) is 4.91. The Hall–Kier alpha value is -3.09. The smallest absolute Gasteiger partial charge is 0.340 e. The number of aryl methyl sites for hydroxylation is 1. The number of aromatic nitrogens is 1. The van der Waals surface area contributed by atoms with E-state index in [1.54, 1.807) is 30.3 Å². The maximum atomic E-state index is 12.4. The Labute approximate surface area is 170 Å². The number of hydrogen-bond donors (Lipinski definition) is 2. The van der Waals surface area contributed by atoms with Gasteiger partial charge >= 0.3 is 5.97 Å². The van der Waals surface area contributed by atoms with Gasteiger partial charge in [-0.25, -0.2) is 4.79 Å².